The highest BCUT2D eigenvalue weighted by Crippen LogP contribution is 2.16. The maximum absolute atomic E-state index is 11.0. The van der Waals surface area contributed by atoms with E-state index in [9.17, 15) is 4.79 Å². The Labute approximate surface area is 90.1 Å². The van der Waals surface area contributed by atoms with Crippen molar-refractivity contribution in [1.29, 1.82) is 0 Å². The maximum Gasteiger partial charge on any atom is 0.335 e. The molecule has 2 N–H and O–H groups in total. The summed E-state index contributed by atoms with van der Waals surface area (Å²) in [6.45, 7) is 4.66. The monoisotopic (exact) mass is 207 g/mol. The quantitative estimate of drug-likeness (QED) is 0.791. The molecule has 0 saturated heterocycles. The molecule has 0 saturated carbocycles. The first-order chi connectivity index (χ1) is 7.06. The van der Waals surface area contributed by atoms with E-state index >= 15 is 0 Å². The van der Waals surface area contributed by atoms with Crippen molar-refractivity contribution >= 4 is 5.97 Å². The molecule has 0 aliphatic heterocycles. The maximum atomic E-state index is 11.0. The Balaban J connectivity index is 3.06. The standard InChI is InChI=1S/C12H17NO2/c1-8-6-10(4-5-13-3)7-11(9(8)2)12(14)15/h6-7,13H,4-5H2,1-3H3,(H,14,15). The third-order valence-corrected chi connectivity index (χ3v) is 2.62. The molecule has 0 aliphatic rings. The Kier molecular flexibility index (Phi) is 3.86. The van der Waals surface area contributed by atoms with Gasteiger partial charge in [-0.05, 0) is 56.6 Å². The van der Waals surface area contributed by atoms with Gasteiger partial charge in [-0.3, -0.25) is 0 Å². The van der Waals surface area contributed by atoms with E-state index in [0.717, 1.165) is 29.7 Å². The van der Waals surface area contributed by atoms with Gasteiger partial charge in [-0.25, -0.2) is 4.79 Å². The number of nitrogens with one attached hydrogen (secondary N) is 1. The molecule has 0 aliphatic carbocycles. The van der Waals surface area contributed by atoms with Crippen molar-refractivity contribution in [2.24, 2.45) is 0 Å². The molecule has 1 aromatic rings. The number of hydrogen-bond acceptors (Lipinski definition) is 2. The van der Waals surface area contributed by atoms with Crippen LogP contribution in [-0.4, -0.2) is 24.7 Å². The lowest BCUT2D eigenvalue weighted by molar-refractivity contribution is 0.0696. The number of hydrogen-bond donors (Lipinski definition) is 2. The second kappa shape index (κ2) is 4.94. The van der Waals surface area contributed by atoms with Crippen LogP contribution in [-0.2, 0) is 6.42 Å². The Morgan fingerprint density at radius 3 is 2.60 bits per heavy atom. The Bertz CT molecular complexity index is 372. The highest BCUT2D eigenvalue weighted by atomic mass is 16.4. The minimum atomic E-state index is -0.845. The summed E-state index contributed by atoms with van der Waals surface area (Å²) in [5.74, 6) is -0.845. The van der Waals surface area contributed by atoms with Gasteiger partial charge in [0.2, 0.25) is 0 Å². The Morgan fingerprint density at radius 2 is 2.07 bits per heavy atom. The molecule has 1 rings (SSSR count). The van der Waals surface area contributed by atoms with Crippen molar-refractivity contribution in [2.75, 3.05) is 13.6 Å². The van der Waals surface area contributed by atoms with Gasteiger partial charge in [-0.2, -0.15) is 0 Å². The topological polar surface area (TPSA) is 49.3 Å². The summed E-state index contributed by atoms with van der Waals surface area (Å²) in [6.07, 6.45) is 0.859. The molecule has 1 aromatic carbocycles. The lowest BCUT2D eigenvalue weighted by Gasteiger charge is -2.09. The fourth-order valence-corrected chi connectivity index (χ4v) is 1.57. The van der Waals surface area contributed by atoms with E-state index in [1.165, 1.54) is 0 Å². The Hall–Kier alpha value is -1.35. The summed E-state index contributed by atoms with van der Waals surface area (Å²) in [5, 5.41) is 12.1. The van der Waals surface area contributed by atoms with Gasteiger partial charge >= 0.3 is 5.97 Å². The smallest absolute Gasteiger partial charge is 0.335 e. The van der Waals surface area contributed by atoms with Gasteiger partial charge < -0.3 is 10.4 Å². The summed E-state index contributed by atoms with van der Waals surface area (Å²) in [7, 11) is 1.89. The molecule has 0 spiro atoms. The van der Waals surface area contributed by atoms with Crippen LogP contribution >= 0.6 is 0 Å². The number of carbonyl (C=O) groups is 1. The van der Waals surface area contributed by atoms with Crippen LogP contribution in [0, 0.1) is 13.8 Å². The molecular weight excluding hydrogens is 190 g/mol. The lowest BCUT2D eigenvalue weighted by atomic mass is 9.98. The molecule has 3 nitrogen and oxygen atoms in total. The second-order valence-electron chi connectivity index (χ2n) is 3.74. The molecule has 82 valence electrons. The molecule has 0 amide bonds. The minimum Gasteiger partial charge on any atom is -0.478 e. The zero-order valence-corrected chi connectivity index (χ0v) is 9.42. The predicted molar refractivity (Wildman–Crippen MR) is 60.5 cm³/mol. The molecule has 0 aromatic heterocycles. The van der Waals surface area contributed by atoms with Crippen LogP contribution in [0.4, 0.5) is 0 Å². The van der Waals surface area contributed by atoms with Gasteiger partial charge in [0.1, 0.15) is 0 Å². The van der Waals surface area contributed by atoms with E-state index < -0.39 is 5.97 Å². The molecule has 0 fully saturated rings. The average molecular weight is 207 g/mol. The lowest BCUT2D eigenvalue weighted by Crippen LogP contribution is -2.11. The zero-order chi connectivity index (χ0) is 11.4. The number of aromatic carboxylic acids is 1. The number of carboxylic acid groups (broad SMARTS) is 1. The van der Waals surface area contributed by atoms with E-state index in [1.807, 2.05) is 20.9 Å². The molecule has 3 heteroatoms. The van der Waals surface area contributed by atoms with Crippen LogP contribution in [0.2, 0.25) is 0 Å². The van der Waals surface area contributed by atoms with Crippen molar-refractivity contribution < 1.29 is 9.90 Å². The normalized spacial score (nSPS) is 10.3. The number of likely N-dealkylation sites (N-methyl/N-ethyl adjacent to an activating group) is 1. The van der Waals surface area contributed by atoms with E-state index in [1.54, 1.807) is 6.07 Å². The van der Waals surface area contributed by atoms with Gasteiger partial charge in [0.25, 0.3) is 0 Å². The van der Waals surface area contributed by atoms with Crippen molar-refractivity contribution in [3.63, 3.8) is 0 Å². The molecule has 0 bridgehead atoms. The number of carboxylic acids is 1. The summed E-state index contributed by atoms with van der Waals surface area (Å²) in [6, 6.07) is 3.82. The molecule has 0 unspecified atom stereocenters. The molecule has 15 heavy (non-hydrogen) atoms. The summed E-state index contributed by atoms with van der Waals surface area (Å²) in [4.78, 5) is 11.0. The highest BCUT2D eigenvalue weighted by Gasteiger charge is 2.10. The van der Waals surface area contributed by atoms with Crippen molar-refractivity contribution in [2.45, 2.75) is 20.3 Å². The summed E-state index contributed by atoms with van der Waals surface area (Å²) < 4.78 is 0. The van der Waals surface area contributed by atoms with Gasteiger partial charge in [-0.1, -0.05) is 6.07 Å². The van der Waals surface area contributed by atoms with E-state index in [2.05, 4.69) is 11.4 Å². The predicted octanol–water partition coefficient (Wildman–Crippen LogP) is 1.76. The van der Waals surface area contributed by atoms with Crippen molar-refractivity contribution in [3.05, 3.63) is 34.4 Å². The summed E-state index contributed by atoms with van der Waals surface area (Å²) in [5.41, 5.74) is 3.39. The van der Waals surface area contributed by atoms with Crippen LogP contribution in [0.1, 0.15) is 27.0 Å². The summed E-state index contributed by atoms with van der Waals surface area (Å²) >= 11 is 0. The van der Waals surface area contributed by atoms with Crippen LogP contribution in [0.3, 0.4) is 0 Å². The van der Waals surface area contributed by atoms with E-state index in [4.69, 9.17) is 5.11 Å². The third kappa shape index (κ3) is 2.80. The van der Waals surface area contributed by atoms with Gasteiger partial charge in [0.05, 0.1) is 5.56 Å². The van der Waals surface area contributed by atoms with Crippen LogP contribution < -0.4 is 5.32 Å². The second-order valence-corrected chi connectivity index (χ2v) is 3.74. The fourth-order valence-electron chi connectivity index (χ4n) is 1.57. The first-order valence-electron chi connectivity index (χ1n) is 5.04. The van der Waals surface area contributed by atoms with Crippen molar-refractivity contribution in [1.82, 2.24) is 5.32 Å². The van der Waals surface area contributed by atoms with E-state index in [-0.39, 0.29) is 0 Å². The van der Waals surface area contributed by atoms with Crippen LogP contribution in [0.25, 0.3) is 0 Å². The fraction of sp³-hybridized carbons (Fsp3) is 0.417. The van der Waals surface area contributed by atoms with Gasteiger partial charge in [0, 0.05) is 0 Å². The minimum absolute atomic E-state index is 0.418. The van der Waals surface area contributed by atoms with Crippen LogP contribution in [0.5, 0.6) is 0 Å². The molecule has 0 atom stereocenters. The number of aryl methyl sites for hydroxylation is 1. The van der Waals surface area contributed by atoms with Gasteiger partial charge in [-0.15, -0.1) is 0 Å². The van der Waals surface area contributed by atoms with Crippen LogP contribution in [0.15, 0.2) is 12.1 Å². The molecule has 0 heterocycles. The average Bonchev–Trinajstić information content (AvgIpc) is 2.19. The SMILES string of the molecule is CNCCc1cc(C)c(C)c(C(=O)O)c1. The Morgan fingerprint density at radius 1 is 1.40 bits per heavy atom. The van der Waals surface area contributed by atoms with E-state index in [0.29, 0.717) is 5.56 Å². The number of benzene rings is 1. The molecule has 0 radical (unpaired) electrons. The van der Waals surface area contributed by atoms with Gasteiger partial charge in [0.15, 0.2) is 0 Å². The third-order valence-electron chi connectivity index (χ3n) is 2.62. The largest absolute Gasteiger partial charge is 0.478 e. The first kappa shape index (κ1) is 11.7. The molecular formula is C12H17NO2. The highest BCUT2D eigenvalue weighted by molar-refractivity contribution is 5.90. The number of rotatable bonds is 4. The zero-order valence-electron chi connectivity index (χ0n) is 9.42. The first-order valence-corrected chi connectivity index (χ1v) is 5.04. The van der Waals surface area contributed by atoms with Crippen molar-refractivity contribution in [3.8, 4) is 0 Å².